The Labute approximate surface area is 71.2 Å². The number of hydrogen-bond acceptors (Lipinski definition) is 2. The summed E-state index contributed by atoms with van der Waals surface area (Å²) in [5.74, 6) is 0. The average molecular weight is 183 g/mol. The van der Waals surface area contributed by atoms with E-state index in [9.17, 15) is 12.9 Å². The van der Waals surface area contributed by atoms with Gasteiger partial charge in [0.25, 0.3) is 0 Å². The Bertz CT molecular complexity index is 118. The molecule has 0 rings (SSSR count). The number of halogens is 3. The molecular formula is C6H15BF3N2-. The van der Waals surface area contributed by atoms with Gasteiger partial charge >= 0.3 is 6.98 Å². The van der Waals surface area contributed by atoms with Crippen LogP contribution < -0.4 is 5.32 Å². The monoisotopic (exact) mass is 183 g/mol. The lowest BCUT2D eigenvalue weighted by Gasteiger charge is -2.23. The predicted molar refractivity (Wildman–Crippen MR) is 45.1 cm³/mol. The minimum atomic E-state index is -4.66. The zero-order valence-corrected chi connectivity index (χ0v) is 7.49. The first-order chi connectivity index (χ1) is 5.45. The Morgan fingerprint density at radius 1 is 1.33 bits per heavy atom. The third kappa shape index (κ3) is 7.88. The van der Waals surface area contributed by atoms with Crippen molar-refractivity contribution < 1.29 is 12.9 Å². The minimum Gasteiger partial charge on any atom is -0.448 e. The lowest BCUT2D eigenvalue weighted by atomic mass is 9.91. The fourth-order valence-corrected chi connectivity index (χ4v) is 0.970. The van der Waals surface area contributed by atoms with Crippen LogP contribution in [-0.2, 0) is 0 Å². The first kappa shape index (κ1) is 11.8. The normalized spacial score (nSPS) is 12.5. The highest BCUT2D eigenvalue weighted by Crippen LogP contribution is 2.09. The van der Waals surface area contributed by atoms with Crippen LogP contribution >= 0.6 is 0 Å². The van der Waals surface area contributed by atoms with E-state index < -0.39 is 13.4 Å². The van der Waals surface area contributed by atoms with Gasteiger partial charge in [-0.3, -0.25) is 0 Å². The Kier molecular flexibility index (Phi) is 5.32. The zero-order chi connectivity index (χ0) is 9.61. The first-order valence-electron chi connectivity index (χ1n) is 4.00. The van der Waals surface area contributed by atoms with E-state index in [1.807, 2.05) is 0 Å². The number of nitrogens with one attached hydrogen (secondary N) is 1. The maximum Gasteiger partial charge on any atom is 0.492 e. The van der Waals surface area contributed by atoms with Crippen LogP contribution in [0.1, 0.15) is 6.42 Å². The summed E-state index contributed by atoms with van der Waals surface area (Å²) in [7, 11) is 3.28. The molecule has 0 atom stereocenters. The van der Waals surface area contributed by atoms with Crippen molar-refractivity contribution in [2.75, 3.05) is 33.6 Å². The molecule has 0 aromatic heterocycles. The summed E-state index contributed by atoms with van der Waals surface area (Å²) in [5.41, 5.74) is 0. The van der Waals surface area contributed by atoms with Crippen molar-refractivity contribution in [3.8, 4) is 0 Å². The molecule has 0 aliphatic carbocycles. The molecule has 2 nitrogen and oxygen atoms in total. The molecule has 0 spiro atoms. The van der Waals surface area contributed by atoms with Gasteiger partial charge in [-0.2, -0.15) is 0 Å². The number of nitrogens with zero attached hydrogens (tertiary/aromatic N) is 1. The molecule has 74 valence electrons. The molecule has 0 aromatic rings. The largest absolute Gasteiger partial charge is 0.492 e. The van der Waals surface area contributed by atoms with Crippen molar-refractivity contribution in [1.82, 2.24) is 10.2 Å². The van der Waals surface area contributed by atoms with Gasteiger partial charge < -0.3 is 23.2 Å². The quantitative estimate of drug-likeness (QED) is 0.486. The molecule has 6 heteroatoms. The van der Waals surface area contributed by atoms with Gasteiger partial charge in [0.05, 0.1) is 0 Å². The van der Waals surface area contributed by atoms with E-state index in [0.29, 0.717) is 6.54 Å². The summed E-state index contributed by atoms with van der Waals surface area (Å²) in [6.45, 7) is -3.41. The maximum absolute atomic E-state index is 11.8. The van der Waals surface area contributed by atoms with Crippen LogP contribution in [0.2, 0.25) is 0 Å². The van der Waals surface area contributed by atoms with E-state index in [-0.39, 0.29) is 0 Å². The second-order valence-corrected chi connectivity index (χ2v) is 2.93. The molecule has 0 saturated carbocycles. The van der Waals surface area contributed by atoms with Crippen LogP contribution in [0.5, 0.6) is 0 Å². The van der Waals surface area contributed by atoms with Crippen LogP contribution in [0.25, 0.3) is 0 Å². The molecule has 0 bridgehead atoms. The fourth-order valence-electron chi connectivity index (χ4n) is 0.970. The summed E-state index contributed by atoms with van der Waals surface area (Å²) in [6.07, 6.45) is -0.0110. The minimum absolute atomic E-state index is 0.488. The molecule has 0 radical (unpaired) electrons. The third-order valence-corrected chi connectivity index (χ3v) is 1.49. The van der Waals surface area contributed by atoms with Crippen molar-refractivity contribution in [2.24, 2.45) is 0 Å². The molecule has 12 heavy (non-hydrogen) atoms. The summed E-state index contributed by atoms with van der Waals surface area (Å²) in [4.78, 5) is 1.30. The third-order valence-electron chi connectivity index (χ3n) is 1.49. The fraction of sp³-hybridized carbons (Fsp3) is 1.00. The Balaban J connectivity index is 3.40. The highest BCUT2D eigenvalue weighted by atomic mass is 19.4. The lowest BCUT2D eigenvalue weighted by Crippen LogP contribution is -2.36. The first-order valence-corrected chi connectivity index (χ1v) is 4.00. The van der Waals surface area contributed by atoms with Crippen molar-refractivity contribution in [3.63, 3.8) is 0 Å². The molecule has 0 heterocycles. The standard InChI is InChI=1S/C6H15BF3N2/c1-11-4-3-5-12(2)6-7(8,9)10/h11H,3-6H2,1-2H3/q-1. The lowest BCUT2D eigenvalue weighted by molar-refractivity contribution is 0.324. The van der Waals surface area contributed by atoms with Crippen molar-refractivity contribution >= 4 is 6.98 Å². The van der Waals surface area contributed by atoms with Crippen LogP contribution in [-0.4, -0.2) is 45.5 Å². The second-order valence-electron chi connectivity index (χ2n) is 2.93. The summed E-state index contributed by atoms with van der Waals surface area (Å²) in [6, 6.07) is 0. The topological polar surface area (TPSA) is 15.3 Å². The van der Waals surface area contributed by atoms with Gasteiger partial charge in [-0.25, -0.2) is 0 Å². The number of hydrogen-bond donors (Lipinski definition) is 1. The van der Waals surface area contributed by atoms with E-state index >= 15 is 0 Å². The molecular weight excluding hydrogens is 168 g/mol. The Hall–Kier alpha value is -0.225. The summed E-state index contributed by atoms with van der Waals surface area (Å²) < 4.78 is 35.5. The van der Waals surface area contributed by atoms with Crippen molar-refractivity contribution in [3.05, 3.63) is 0 Å². The van der Waals surface area contributed by atoms with Gasteiger partial charge in [0.2, 0.25) is 0 Å². The second kappa shape index (κ2) is 5.43. The van der Waals surface area contributed by atoms with E-state index in [4.69, 9.17) is 0 Å². The SMILES string of the molecule is CNCCCN(C)C[B-](F)(F)F. The van der Waals surface area contributed by atoms with E-state index in [2.05, 4.69) is 5.32 Å². The number of rotatable bonds is 6. The van der Waals surface area contributed by atoms with Gasteiger partial charge in [-0.15, -0.1) is 0 Å². The zero-order valence-electron chi connectivity index (χ0n) is 7.49. The molecule has 0 aliphatic heterocycles. The Morgan fingerprint density at radius 2 is 1.92 bits per heavy atom. The smallest absolute Gasteiger partial charge is 0.448 e. The van der Waals surface area contributed by atoms with Gasteiger partial charge in [-0.05, 0) is 40.0 Å². The van der Waals surface area contributed by atoms with E-state index in [0.717, 1.165) is 13.0 Å². The summed E-state index contributed by atoms with van der Waals surface area (Å²) >= 11 is 0. The summed E-state index contributed by atoms with van der Waals surface area (Å²) in [5, 5.41) is 2.88. The van der Waals surface area contributed by atoms with Crippen LogP contribution in [0.3, 0.4) is 0 Å². The molecule has 0 fully saturated rings. The van der Waals surface area contributed by atoms with E-state index in [1.165, 1.54) is 11.9 Å². The van der Waals surface area contributed by atoms with Gasteiger partial charge in [-0.1, -0.05) is 0 Å². The van der Waals surface area contributed by atoms with Crippen molar-refractivity contribution in [2.45, 2.75) is 6.42 Å². The highest BCUT2D eigenvalue weighted by molar-refractivity contribution is 6.58. The van der Waals surface area contributed by atoms with E-state index in [1.54, 1.807) is 7.05 Å². The average Bonchev–Trinajstić information content (AvgIpc) is 1.84. The predicted octanol–water partition coefficient (Wildman–Crippen LogP) is 0.914. The molecule has 1 N–H and O–H groups in total. The van der Waals surface area contributed by atoms with Gasteiger partial charge in [0.15, 0.2) is 0 Å². The van der Waals surface area contributed by atoms with Crippen LogP contribution in [0.4, 0.5) is 12.9 Å². The van der Waals surface area contributed by atoms with Crippen molar-refractivity contribution in [1.29, 1.82) is 0 Å². The van der Waals surface area contributed by atoms with Crippen LogP contribution in [0, 0.1) is 0 Å². The highest BCUT2D eigenvalue weighted by Gasteiger charge is 2.24. The molecule has 0 aliphatic rings. The molecule has 0 amide bonds. The Morgan fingerprint density at radius 3 is 2.33 bits per heavy atom. The van der Waals surface area contributed by atoms with Gasteiger partial charge in [0.1, 0.15) is 0 Å². The molecule has 0 unspecified atom stereocenters. The maximum atomic E-state index is 11.8. The molecule has 0 aromatic carbocycles. The van der Waals surface area contributed by atoms with Crippen LogP contribution in [0.15, 0.2) is 0 Å². The molecule has 0 saturated heterocycles. The van der Waals surface area contributed by atoms with Gasteiger partial charge in [0, 0.05) is 0 Å².